The number of nitrogens with one attached hydrogen (secondary N) is 1. The zero-order valence-corrected chi connectivity index (χ0v) is 16.4. The summed E-state index contributed by atoms with van der Waals surface area (Å²) in [5.74, 6) is -1.11. The van der Waals surface area contributed by atoms with Crippen LogP contribution >= 0.6 is 0 Å². The summed E-state index contributed by atoms with van der Waals surface area (Å²) < 4.78 is 25.2. The number of nitrogens with zero attached hydrogens (tertiary/aromatic N) is 2. The summed E-state index contributed by atoms with van der Waals surface area (Å²) >= 11 is 0. The molecule has 0 radical (unpaired) electrons. The molecular formula is C18H20N4O6S. The summed E-state index contributed by atoms with van der Waals surface area (Å²) in [7, 11) is -3.72. The van der Waals surface area contributed by atoms with Crippen molar-refractivity contribution in [3.8, 4) is 0 Å². The summed E-state index contributed by atoms with van der Waals surface area (Å²) in [6.07, 6.45) is 1.10. The first-order valence-corrected chi connectivity index (χ1v) is 10.4. The highest BCUT2D eigenvalue weighted by Gasteiger charge is 2.20. The van der Waals surface area contributed by atoms with Crippen molar-refractivity contribution >= 4 is 38.9 Å². The quantitative estimate of drug-likeness (QED) is 0.466. The lowest BCUT2D eigenvalue weighted by Crippen LogP contribution is -2.31. The van der Waals surface area contributed by atoms with Crippen LogP contribution in [-0.2, 0) is 14.8 Å². The maximum atomic E-state index is 12.2. The van der Waals surface area contributed by atoms with Gasteiger partial charge < -0.3 is 11.1 Å². The summed E-state index contributed by atoms with van der Waals surface area (Å²) in [5.41, 5.74) is 5.59. The maximum absolute atomic E-state index is 12.2. The predicted molar refractivity (Wildman–Crippen MR) is 108 cm³/mol. The number of rotatable bonds is 9. The fourth-order valence-electron chi connectivity index (χ4n) is 2.65. The number of para-hydroxylation sites is 1. The van der Waals surface area contributed by atoms with Crippen molar-refractivity contribution in [1.29, 1.82) is 0 Å². The third-order valence-electron chi connectivity index (χ3n) is 3.96. The Bertz CT molecular complexity index is 1040. The summed E-state index contributed by atoms with van der Waals surface area (Å²) in [6, 6.07) is 11.5. The van der Waals surface area contributed by atoms with Crippen molar-refractivity contribution in [3.63, 3.8) is 0 Å². The first-order chi connectivity index (χ1) is 13.6. The first-order valence-electron chi connectivity index (χ1n) is 8.50. The van der Waals surface area contributed by atoms with Crippen molar-refractivity contribution in [3.05, 3.63) is 64.2 Å². The Kier molecular flexibility index (Phi) is 6.89. The molecule has 0 atom stereocenters. The SMILES string of the molecule is CS(=O)(=O)N(CCCC(=O)Nc1ccccc1C(N)=O)c1cccc([N+](=O)[O-])c1. The van der Waals surface area contributed by atoms with Gasteiger partial charge >= 0.3 is 0 Å². The Morgan fingerprint density at radius 2 is 1.86 bits per heavy atom. The number of hydrogen-bond acceptors (Lipinski definition) is 6. The normalized spacial score (nSPS) is 10.9. The van der Waals surface area contributed by atoms with E-state index in [2.05, 4.69) is 5.32 Å². The second-order valence-corrected chi connectivity index (χ2v) is 8.08. The highest BCUT2D eigenvalue weighted by molar-refractivity contribution is 7.92. The number of carbonyl (C=O) groups is 2. The van der Waals surface area contributed by atoms with Crippen LogP contribution in [0.15, 0.2) is 48.5 Å². The van der Waals surface area contributed by atoms with E-state index in [9.17, 15) is 28.1 Å². The zero-order valence-electron chi connectivity index (χ0n) is 15.6. The molecule has 0 aliphatic rings. The molecule has 3 N–H and O–H groups in total. The third-order valence-corrected chi connectivity index (χ3v) is 5.15. The largest absolute Gasteiger partial charge is 0.366 e. The molecule has 2 amide bonds. The van der Waals surface area contributed by atoms with E-state index < -0.39 is 26.8 Å². The van der Waals surface area contributed by atoms with Gasteiger partial charge in [0.2, 0.25) is 15.9 Å². The van der Waals surface area contributed by atoms with Gasteiger partial charge in [-0.15, -0.1) is 0 Å². The number of primary amides is 1. The van der Waals surface area contributed by atoms with E-state index in [0.717, 1.165) is 16.6 Å². The molecule has 154 valence electrons. The molecule has 2 aromatic rings. The molecule has 0 aliphatic heterocycles. The highest BCUT2D eigenvalue weighted by Crippen LogP contribution is 2.23. The van der Waals surface area contributed by atoms with Gasteiger partial charge in [-0.2, -0.15) is 0 Å². The Hall–Kier alpha value is -3.47. The number of nitro benzene ring substituents is 1. The molecule has 2 aromatic carbocycles. The molecule has 0 heterocycles. The topological polar surface area (TPSA) is 153 Å². The lowest BCUT2D eigenvalue weighted by molar-refractivity contribution is -0.384. The van der Waals surface area contributed by atoms with Crippen LogP contribution in [0.4, 0.5) is 17.1 Å². The van der Waals surface area contributed by atoms with Gasteiger partial charge in [0.25, 0.3) is 11.6 Å². The summed E-state index contributed by atoms with van der Waals surface area (Å²) in [6.45, 7) is -0.0507. The fraction of sp³-hybridized carbons (Fsp3) is 0.222. The van der Waals surface area contributed by atoms with Crippen molar-refractivity contribution in [1.82, 2.24) is 0 Å². The molecule has 29 heavy (non-hydrogen) atoms. The first kappa shape index (κ1) is 21.8. The molecule has 0 aromatic heterocycles. The molecule has 0 bridgehead atoms. The number of benzene rings is 2. The van der Waals surface area contributed by atoms with Gasteiger partial charge in [-0.1, -0.05) is 18.2 Å². The van der Waals surface area contributed by atoms with Crippen LogP contribution in [-0.4, -0.2) is 38.0 Å². The van der Waals surface area contributed by atoms with Crippen LogP contribution < -0.4 is 15.4 Å². The van der Waals surface area contributed by atoms with Crippen molar-refractivity contribution in [2.75, 3.05) is 22.4 Å². The number of hydrogen-bond donors (Lipinski definition) is 2. The number of non-ortho nitro benzene ring substituents is 1. The van der Waals surface area contributed by atoms with Crippen LogP contribution in [0.5, 0.6) is 0 Å². The van der Waals surface area contributed by atoms with Crippen LogP contribution in [0, 0.1) is 10.1 Å². The second-order valence-electron chi connectivity index (χ2n) is 6.17. The lowest BCUT2D eigenvalue weighted by atomic mass is 10.1. The van der Waals surface area contributed by atoms with Gasteiger partial charge in [-0.05, 0) is 24.6 Å². The van der Waals surface area contributed by atoms with E-state index in [1.54, 1.807) is 12.1 Å². The molecule has 11 heteroatoms. The Balaban J connectivity index is 2.06. The molecule has 0 saturated heterocycles. The maximum Gasteiger partial charge on any atom is 0.271 e. The lowest BCUT2D eigenvalue weighted by Gasteiger charge is -2.22. The van der Waals surface area contributed by atoms with E-state index in [1.807, 2.05) is 0 Å². The number of amides is 2. The average Bonchev–Trinajstić information content (AvgIpc) is 2.64. The Morgan fingerprint density at radius 3 is 2.48 bits per heavy atom. The number of carbonyl (C=O) groups excluding carboxylic acids is 2. The third kappa shape index (κ3) is 6.01. The fourth-order valence-corrected chi connectivity index (χ4v) is 3.61. The van der Waals surface area contributed by atoms with Gasteiger partial charge in [0, 0.05) is 25.1 Å². The minimum absolute atomic E-state index is 0.0337. The van der Waals surface area contributed by atoms with E-state index >= 15 is 0 Å². The molecule has 0 aliphatic carbocycles. The zero-order chi connectivity index (χ0) is 21.6. The molecule has 0 saturated carbocycles. The van der Waals surface area contributed by atoms with Gasteiger partial charge in [0.1, 0.15) is 0 Å². The van der Waals surface area contributed by atoms with Crippen molar-refractivity contribution in [2.45, 2.75) is 12.8 Å². The summed E-state index contributed by atoms with van der Waals surface area (Å²) in [4.78, 5) is 33.9. The van der Waals surface area contributed by atoms with Crippen LogP contribution in [0.3, 0.4) is 0 Å². The predicted octanol–water partition coefficient (Wildman–Crippen LogP) is 1.88. The Labute approximate surface area is 167 Å². The van der Waals surface area contributed by atoms with Crippen LogP contribution in [0.25, 0.3) is 0 Å². The number of nitro groups is 1. The molecule has 0 spiro atoms. The van der Waals surface area contributed by atoms with E-state index in [0.29, 0.717) is 0 Å². The van der Waals surface area contributed by atoms with Gasteiger partial charge in [-0.3, -0.25) is 24.0 Å². The number of anilines is 2. The van der Waals surface area contributed by atoms with E-state index in [4.69, 9.17) is 5.73 Å². The van der Waals surface area contributed by atoms with Crippen molar-refractivity contribution < 1.29 is 22.9 Å². The molecular weight excluding hydrogens is 400 g/mol. The molecule has 0 unspecified atom stereocenters. The molecule has 0 fully saturated rings. The standard InChI is InChI=1S/C18H20N4O6S/c1-29(27,28)21(13-6-4-7-14(12-13)22(25)26)11-5-10-17(23)20-16-9-3-2-8-15(16)18(19)24/h2-4,6-9,12H,5,10-11H2,1H3,(H2,19,24)(H,20,23). The summed E-state index contributed by atoms with van der Waals surface area (Å²) in [5, 5.41) is 13.5. The van der Waals surface area contributed by atoms with E-state index in [-0.39, 0.29) is 42.0 Å². The highest BCUT2D eigenvalue weighted by atomic mass is 32.2. The average molecular weight is 420 g/mol. The number of nitrogens with two attached hydrogens (primary N) is 1. The van der Waals surface area contributed by atoms with Crippen molar-refractivity contribution in [2.24, 2.45) is 5.73 Å². The van der Waals surface area contributed by atoms with E-state index in [1.165, 1.54) is 30.3 Å². The monoisotopic (exact) mass is 420 g/mol. The van der Waals surface area contributed by atoms with Gasteiger partial charge in [-0.25, -0.2) is 8.42 Å². The molecule has 10 nitrogen and oxygen atoms in total. The molecule has 2 rings (SSSR count). The minimum atomic E-state index is -3.72. The smallest absolute Gasteiger partial charge is 0.271 e. The second kappa shape index (κ2) is 9.15. The van der Waals surface area contributed by atoms with Gasteiger partial charge in [0.05, 0.1) is 28.1 Å². The number of sulfonamides is 1. The van der Waals surface area contributed by atoms with Gasteiger partial charge in [0.15, 0.2) is 0 Å². The minimum Gasteiger partial charge on any atom is -0.366 e. The van der Waals surface area contributed by atoms with Crippen LogP contribution in [0.2, 0.25) is 0 Å². The van der Waals surface area contributed by atoms with Crippen LogP contribution in [0.1, 0.15) is 23.2 Å². The Morgan fingerprint density at radius 1 is 1.17 bits per heavy atom.